The zero-order chi connectivity index (χ0) is 18.9. The summed E-state index contributed by atoms with van der Waals surface area (Å²) >= 11 is 0. The molecule has 2 aliphatic rings. The molecule has 26 heavy (non-hydrogen) atoms. The quantitative estimate of drug-likeness (QED) is 0.714. The van der Waals surface area contributed by atoms with Crippen molar-refractivity contribution < 1.29 is 21.6 Å². The average molecular weight is 403 g/mol. The Morgan fingerprint density at radius 2 is 1.92 bits per heavy atom. The molecule has 1 saturated heterocycles. The zero-order valence-electron chi connectivity index (χ0n) is 15.2. The lowest BCUT2D eigenvalue weighted by molar-refractivity contribution is 0.149. The van der Waals surface area contributed by atoms with Crippen molar-refractivity contribution in [1.29, 1.82) is 0 Å². The lowest BCUT2D eigenvalue weighted by Gasteiger charge is -2.29. The predicted octanol–water partition coefficient (Wildman–Crippen LogP) is 1.19. The van der Waals surface area contributed by atoms with Gasteiger partial charge in [-0.25, -0.2) is 16.8 Å². The second kappa shape index (κ2) is 7.55. The Hall–Kier alpha value is -1.00. The lowest BCUT2D eigenvalue weighted by Crippen LogP contribution is -2.39. The van der Waals surface area contributed by atoms with Crippen molar-refractivity contribution in [2.24, 2.45) is 0 Å². The predicted molar refractivity (Wildman–Crippen MR) is 98.8 cm³/mol. The number of sulfonamides is 2. The summed E-state index contributed by atoms with van der Waals surface area (Å²) < 4.78 is 58.6. The summed E-state index contributed by atoms with van der Waals surface area (Å²) in [4.78, 5) is 0.231. The number of fused-ring (bicyclic) bond motifs is 1. The highest BCUT2D eigenvalue weighted by Crippen LogP contribution is 2.29. The Balaban J connectivity index is 1.90. The van der Waals surface area contributed by atoms with Crippen molar-refractivity contribution in [1.82, 2.24) is 8.61 Å². The van der Waals surface area contributed by atoms with E-state index in [1.807, 2.05) is 6.07 Å². The zero-order valence-corrected chi connectivity index (χ0v) is 16.9. The second-order valence-corrected chi connectivity index (χ2v) is 10.9. The molecule has 0 amide bonds. The van der Waals surface area contributed by atoms with Gasteiger partial charge in [-0.1, -0.05) is 6.07 Å². The van der Waals surface area contributed by atoms with Crippen molar-refractivity contribution in [3.05, 3.63) is 29.3 Å². The van der Waals surface area contributed by atoms with Crippen LogP contribution < -0.4 is 0 Å². The van der Waals surface area contributed by atoms with Crippen LogP contribution in [0.5, 0.6) is 0 Å². The van der Waals surface area contributed by atoms with Crippen LogP contribution in [0.4, 0.5) is 0 Å². The summed E-state index contributed by atoms with van der Waals surface area (Å²) in [5.41, 5.74) is 1.79. The molecule has 0 saturated carbocycles. The highest BCUT2D eigenvalue weighted by Gasteiger charge is 2.36. The molecule has 0 aromatic heterocycles. The van der Waals surface area contributed by atoms with Crippen LogP contribution in [-0.4, -0.2) is 64.0 Å². The minimum absolute atomic E-state index is 0.0484. The van der Waals surface area contributed by atoms with Crippen LogP contribution in [0.3, 0.4) is 0 Å². The number of hydrogen-bond donors (Lipinski definition) is 0. The minimum atomic E-state index is -3.62. The van der Waals surface area contributed by atoms with Crippen LogP contribution in [0.15, 0.2) is 23.1 Å². The van der Waals surface area contributed by atoms with E-state index < -0.39 is 20.0 Å². The molecule has 1 atom stereocenters. The van der Waals surface area contributed by atoms with Gasteiger partial charge in [0.25, 0.3) is 0 Å². The standard InChI is InChI=1S/C17H26N2O5S2/c1-3-25(20,21)18-10-8-14-6-7-17(11-15(14)12-18)26(22,23)19-9-4-5-16(19)13-24-2/h6-7,11,16H,3-5,8-10,12-13H2,1-2H3/t16-/m0/s1. The molecule has 3 rings (SSSR count). The Bertz CT molecular complexity index is 867. The molecule has 146 valence electrons. The van der Waals surface area contributed by atoms with Gasteiger partial charge >= 0.3 is 0 Å². The van der Waals surface area contributed by atoms with Gasteiger partial charge in [-0.15, -0.1) is 0 Å². The molecule has 0 unspecified atom stereocenters. The topological polar surface area (TPSA) is 84.0 Å². The third-order valence-corrected chi connectivity index (χ3v) is 8.98. The van der Waals surface area contributed by atoms with E-state index in [-0.39, 0.29) is 23.2 Å². The van der Waals surface area contributed by atoms with E-state index in [4.69, 9.17) is 4.74 Å². The molecule has 0 radical (unpaired) electrons. The molecule has 9 heteroatoms. The Kier molecular flexibility index (Phi) is 5.74. The molecular formula is C17H26N2O5S2. The Morgan fingerprint density at radius 3 is 2.62 bits per heavy atom. The maximum absolute atomic E-state index is 13.1. The number of ether oxygens (including phenoxy) is 1. The number of benzene rings is 1. The summed E-state index contributed by atoms with van der Waals surface area (Å²) in [5, 5.41) is 0. The minimum Gasteiger partial charge on any atom is -0.383 e. The van der Waals surface area contributed by atoms with Crippen LogP contribution in [0.2, 0.25) is 0 Å². The van der Waals surface area contributed by atoms with E-state index >= 15 is 0 Å². The fourth-order valence-electron chi connectivity index (χ4n) is 3.71. The van der Waals surface area contributed by atoms with Crippen molar-refractivity contribution in [2.45, 2.75) is 43.7 Å². The third kappa shape index (κ3) is 3.68. The highest BCUT2D eigenvalue weighted by molar-refractivity contribution is 7.89. The summed E-state index contributed by atoms with van der Waals surface area (Å²) in [7, 11) is -5.33. The highest BCUT2D eigenvalue weighted by atomic mass is 32.2. The first-order chi connectivity index (χ1) is 12.3. The van der Waals surface area contributed by atoms with Gasteiger partial charge in [0.2, 0.25) is 20.0 Å². The van der Waals surface area contributed by atoms with Gasteiger partial charge in [-0.05, 0) is 49.4 Å². The molecule has 1 aromatic carbocycles. The average Bonchev–Trinajstić information content (AvgIpc) is 3.10. The monoisotopic (exact) mass is 402 g/mol. The maximum Gasteiger partial charge on any atom is 0.243 e. The largest absolute Gasteiger partial charge is 0.383 e. The summed E-state index contributed by atoms with van der Waals surface area (Å²) in [6.07, 6.45) is 2.21. The first-order valence-electron chi connectivity index (χ1n) is 8.90. The molecule has 1 fully saturated rings. The number of rotatable bonds is 6. The Morgan fingerprint density at radius 1 is 1.15 bits per heavy atom. The van der Waals surface area contributed by atoms with Gasteiger partial charge in [0.05, 0.1) is 17.3 Å². The number of hydrogen-bond acceptors (Lipinski definition) is 5. The van der Waals surface area contributed by atoms with E-state index in [2.05, 4.69) is 0 Å². The molecule has 1 aromatic rings. The van der Waals surface area contributed by atoms with Gasteiger partial charge in [0.15, 0.2) is 0 Å². The van der Waals surface area contributed by atoms with Gasteiger partial charge in [-0.3, -0.25) is 0 Å². The number of nitrogens with zero attached hydrogens (tertiary/aromatic N) is 2. The van der Waals surface area contributed by atoms with Crippen LogP contribution in [0.25, 0.3) is 0 Å². The molecule has 2 aliphatic heterocycles. The van der Waals surface area contributed by atoms with Crippen molar-refractivity contribution in [2.75, 3.05) is 32.6 Å². The second-order valence-electron chi connectivity index (χ2n) is 6.78. The fraction of sp³-hybridized carbons (Fsp3) is 0.647. The number of methoxy groups -OCH3 is 1. The van der Waals surface area contributed by atoms with E-state index in [0.717, 1.165) is 24.0 Å². The molecule has 2 heterocycles. The van der Waals surface area contributed by atoms with Gasteiger partial charge < -0.3 is 4.74 Å². The van der Waals surface area contributed by atoms with Gasteiger partial charge in [0, 0.05) is 32.8 Å². The van der Waals surface area contributed by atoms with Crippen LogP contribution >= 0.6 is 0 Å². The fourth-order valence-corrected chi connectivity index (χ4v) is 6.51. The lowest BCUT2D eigenvalue weighted by atomic mass is 10.0. The SMILES string of the molecule is CCS(=O)(=O)N1CCc2ccc(S(=O)(=O)N3CCC[C@H]3COC)cc2C1. The molecule has 7 nitrogen and oxygen atoms in total. The third-order valence-electron chi connectivity index (χ3n) is 5.20. The van der Waals surface area contributed by atoms with Gasteiger partial charge in [0.1, 0.15) is 0 Å². The van der Waals surface area contributed by atoms with Gasteiger partial charge in [-0.2, -0.15) is 8.61 Å². The smallest absolute Gasteiger partial charge is 0.243 e. The van der Waals surface area contributed by atoms with E-state index in [1.165, 1.54) is 8.61 Å². The first-order valence-corrected chi connectivity index (χ1v) is 11.9. The van der Waals surface area contributed by atoms with E-state index in [0.29, 0.717) is 26.1 Å². The molecule has 0 aliphatic carbocycles. The molecule has 0 bridgehead atoms. The van der Waals surface area contributed by atoms with E-state index in [9.17, 15) is 16.8 Å². The Labute approximate surface area is 156 Å². The summed E-state index contributed by atoms with van der Waals surface area (Å²) in [6, 6.07) is 4.96. The maximum atomic E-state index is 13.1. The van der Waals surface area contributed by atoms with Crippen LogP contribution in [-0.2, 0) is 37.7 Å². The summed E-state index contributed by atoms with van der Waals surface area (Å²) in [5.74, 6) is 0.0484. The van der Waals surface area contributed by atoms with E-state index in [1.54, 1.807) is 26.2 Å². The van der Waals surface area contributed by atoms with Crippen molar-refractivity contribution in [3.8, 4) is 0 Å². The van der Waals surface area contributed by atoms with Crippen LogP contribution in [0.1, 0.15) is 30.9 Å². The summed E-state index contributed by atoms with van der Waals surface area (Å²) in [6.45, 7) is 3.17. The van der Waals surface area contributed by atoms with Crippen molar-refractivity contribution in [3.63, 3.8) is 0 Å². The van der Waals surface area contributed by atoms with Crippen LogP contribution in [0, 0.1) is 0 Å². The molecular weight excluding hydrogens is 376 g/mol. The molecule has 0 spiro atoms. The molecule has 0 N–H and O–H groups in total. The first kappa shape index (κ1) is 19.8. The van der Waals surface area contributed by atoms with Crippen molar-refractivity contribution >= 4 is 20.0 Å². The normalized spacial score (nSPS) is 22.5.